The van der Waals surface area contributed by atoms with E-state index in [2.05, 4.69) is 5.32 Å². The van der Waals surface area contributed by atoms with Crippen molar-refractivity contribution in [3.63, 3.8) is 0 Å². The van der Waals surface area contributed by atoms with Crippen molar-refractivity contribution in [3.05, 3.63) is 34.9 Å². The first-order valence-corrected chi connectivity index (χ1v) is 7.32. The minimum absolute atomic E-state index is 0.148. The van der Waals surface area contributed by atoms with Crippen LogP contribution >= 0.6 is 0 Å². The maximum atomic E-state index is 13.7. The number of hydrogen-bond donors (Lipinski definition) is 1. The summed E-state index contributed by atoms with van der Waals surface area (Å²) in [4.78, 5) is 13.7. The van der Waals surface area contributed by atoms with Crippen LogP contribution in [0.25, 0.3) is 0 Å². The monoisotopic (exact) mass is 312 g/mol. The molecule has 0 radical (unpaired) electrons. The third kappa shape index (κ3) is 3.36. The molecule has 3 rings (SSSR count). The van der Waals surface area contributed by atoms with Crippen LogP contribution in [0.4, 0.5) is 13.6 Å². The van der Waals surface area contributed by atoms with Gasteiger partial charge in [-0.1, -0.05) is 0 Å². The molecule has 2 heterocycles. The molecule has 1 aromatic rings. The summed E-state index contributed by atoms with van der Waals surface area (Å²) < 4.78 is 37.7. The number of carbonyl (C=O) groups is 1. The minimum Gasteiger partial charge on any atom is -0.376 e. The first kappa shape index (κ1) is 15.2. The van der Waals surface area contributed by atoms with Crippen LogP contribution in [0.3, 0.4) is 0 Å². The van der Waals surface area contributed by atoms with E-state index in [1.807, 2.05) is 0 Å². The van der Waals surface area contributed by atoms with Crippen LogP contribution in [0, 0.1) is 11.6 Å². The molecule has 0 aromatic heterocycles. The second kappa shape index (κ2) is 6.58. The second-order valence-electron chi connectivity index (χ2n) is 5.45. The van der Waals surface area contributed by atoms with Gasteiger partial charge in [0.15, 0.2) is 0 Å². The Hall–Kier alpha value is -1.73. The van der Waals surface area contributed by atoms with E-state index in [0.29, 0.717) is 50.5 Å². The van der Waals surface area contributed by atoms with Crippen molar-refractivity contribution in [1.82, 2.24) is 10.2 Å². The van der Waals surface area contributed by atoms with E-state index in [1.54, 1.807) is 4.90 Å². The maximum Gasteiger partial charge on any atom is 0.317 e. The van der Waals surface area contributed by atoms with Gasteiger partial charge in [0.1, 0.15) is 11.6 Å². The molecule has 120 valence electrons. The molecule has 1 atom stereocenters. The average Bonchev–Trinajstić information content (AvgIpc) is 2.53. The number of fused-ring (bicyclic) bond motifs is 1. The molecule has 2 amide bonds. The molecule has 1 saturated heterocycles. The summed E-state index contributed by atoms with van der Waals surface area (Å²) in [5, 5.41) is 2.78. The van der Waals surface area contributed by atoms with Gasteiger partial charge in [0, 0.05) is 25.7 Å². The molecule has 0 spiro atoms. The predicted molar refractivity (Wildman–Crippen MR) is 74.4 cm³/mol. The number of amides is 2. The van der Waals surface area contributed by atoms with Crippen LogP contribution < -0.4 is 5.32 Å². The van der Waals surface area contributed by atoms with E-state index in [9.17, 15) is 13.6 Å². The van der Waals surface area contributed by atoms with Gasteiger partial charge in [-0.25, -0.2) is 13.6 Å². The molecule has 0 saturated carbocycles. The summed E-state index contributed by atoms with van der Waals surface area (Å²) in [6.45, 7) is 2.53. The molecular weight excluding hydrogens is 294 g/mol. The third-order valence-electron chi connectivity index (χ3n) is 3.90. The first-order valence-electron chi connectivity index (χ1n) is 7.32. The summed E-state index contributed by atoms with van der Waals surface area (Å²) >= 11 is 0. The zero-order valence-corrected chi connectivity index (χ0v) is 12.1. The second-order valence-corrected chi connectivity index (χ2v) is 5.45. The zero-order chi connectivity index (χ0) is 15.5. The van der Waals surface area contributed by atoms with Gasteiger partial charge in [0.25, 0.3) is 0 Å². The molecule has 5 nitrogen and oxygen atoms in total. The molecule has 7 heteroatoms. The van der Waals surface area contributed by atoms with Crippen LogP contribution in [0.5, 0.6) is 0 Å². The number of halogens is 2. The molecule has 0 aliphatic carbocycles. The number of nitrogens with one attached hydrogen (secondary N) is 1. The molecular formula is C15H18F2N2O3. The number of hydrogen-bond acceptors (Lipinski definition) is 3. The van der Waals surface area contributed by atoms with Crippen molar-refractivity contribution in [1.29, 1.82) is 0 Å². The number of benzene rings is 1. The highest BCUT2D eigenvalue weighted by molar-refractivity contribution is 5.74. The third-order valence-corrected chi connectivity index (χ3v) is 3.90. The van der Waals surface area contributed by atoms with E-state index in [4.69, 9.17) is 9.47 Å². The van der Waals surface area contributed by atoms with Crippen molar-refractivity contribution in [2.45, 2.75) is 19.1 Å². The summed E-state index contributed by atoms with van der Waals surface area (Å²) in [5.41, 5.74) is 1.02. The van der Waals surface area contributed by atoms with Gasteiger partial charge in [-0.3, -0.25) is 0 Å². The number of rotatable bonds is 2. The van der Waals surface area contributed by atoms with Gasteiger partial charge in [-0.05, 0) is 23.6 Å². The van der Waals surface area contributed by atoms with Gasteiger partial charge >= 0.3 is 6.03 Å². The predicted octanol–water partition coefficient (Wildman–Crippen LogP) is 1.45. The maximum absolute atomic E-state index is 13.7. The number of nitrogens with zero attached hydrogens (tertiary/aromatic N) is 1. The molecule has 1 aromatic carbocycles. The molecule has 1 fully saturated rings. The molecule has 2 aliphatic rings. The Morgan fingerprint density at radius 1 is 1.36 bits per heavy atom. The van der Waals surface area contributed by atoms with Gasteiger partial charge in [-0.15, -0.1) is 0 Å². The SMILES string of the molecule is O=C(NC[C@@H]1COCCO1)N1CCc2c(F)cc(F)cc2C1. The van der Waals surface area contributed by atoms with Crippen molar-refractivity contribution >= 4 is 6.03 Å². The normalized spacial score (nSPS) is 21.4. The molecule has 22 heavy (non-hydrogen) atoms. The Balaban J connectivity index is 1.58. The average molecular weight is 312 g/mol. The fraction of sp³-hybridized carbons (Fsp3) is 0.533. The number of carbonyl (C=O) groups excluding carboxylic acids is 1. The summed E-state index contributed by atoms with van der Waals surface area (Å²) in [7, 11) is 0. The largest absolute Gasteiger partial charge is 0.376 e. The summed E-state index contributed by atoms with van der Waals surface area (Å²) in [6.07, 6.45) is 0.238. The minimum atomic E-state index is -0.619. The van der Waals surface area contributed by atoms with Gasteiger partial charge in [-0.2, -0.15) is 0 Å². The Kier molecular flexibility index (Phi) is 4.54. The lowest BCUT2D eigenvalue weighted by Crippen LogP contribution is -2.47. The standard InChI is InChI=1S/C15H18F2N2O3/c16-11-5-10-8-19(2-1-13(10)14(17)6-11)15(20)18-7-12-9-21-3-4-22-12/h5-6,12H,1-4,7-9H2,(H,18,20)/t12-/m1/s1. The lowest BCUT2D eigenvalue weighted by atomic mass is 9.99. The van der Waals surface area contributed by atoms with Crippen LogP contribution in [0.1, 0.15) is 11.1 Å². The van der Waals surface area contributed by atoms with Crippen LogP contribution in [0.2, 0.25) is 0 Å². The van der Waals surface area contributed by atoms with E-state index in [-0.39, 0.29) is 18.7 Å². The highest BCUT2D eigenvalue weighted by Crippen LogP contribution is 2.23. The Morgan fingerprint density at radius 2 is 2.23 bits per heavy atom. The lowest BCUT2D eigenvalue weighted by molar-refractivity contribution is -0.0856. The van der Waals surface area contributed by atoms with Gasteiger partial charge in [0.05, 0.1) is 25.9 Å². The number of urea groups is 1. The van der Waals surface area contributed by atoms with E-state index < -0.39 is 11.6 Å². The lowest BCUT2D eigenvalue weighted by Gasteiger charge is -2.30. The number of ether oxygens (including phenoxy) is 2. The molecule has 2 aliphatic heterocycles. The quantitative estimate of drug-likeness (QED) is 0.899. The first-order chi connectivity index (χ1) is 10.6. The topological polar surface area (TPSA) is 50.8 Å². The molecule has 1 N–H and O–H groups in total. The van der Waals surface area contributed by atoms with Crippen molar-refractivity contribution in [2.75, 3.05) is 32.9 Å². The van der Waals surface area contributed by atoms with Crippen LogP contribution in [-0.4, -0.2) is 49.9 Å². The highest BCUT2D eigenvalue weighted by atomic mass is 19.1. The van der Waals surface area contributed by atoms with E-state index in [1.165, 1.54) is 6.07 Å². The smallest absolute Gasteiger partial charge is 0.317 e. The zero-order valence-electron chi connectivity index (χ0n) is 12.1. The van der Waals surface area contributed by atoms with E-state index in [0.717, 1.165) is 6.07 Å². The van der Waals surface area contributed by atoms with Crippen LogP contribution in [-0.2, 0) is 22.4 Å². The summed E-state index contributed by atoms with van der Waals surface area (Å²) in [6, 6.07) is 1.91. The van der Waals surface area contributed by atoms with Crippen molar-refractivity contribution in [2.24, 2.45) is 0 Å². The Bertz CT molecular complexity index is 562. The van der Waals surface area contributed by atoms with Crippen molar-refractivity contribution < 1.29 is 23.0 Å². The fourth-order valence-corrected chi connectivity index (χ4v) is 2.75. The van der Waals surface area contributed by atoms with Crippen molar-refractivity contribution in [3.8, 4) is 0 Å². The molecule has 0 bridgehead atoms. The Labute approximate surface area is 127 Å². The Morgan fingerprint density at radius 3 is 3.00 bits per heavy atom. The van der Waals surface area contributed by atoms with E-state index >= 15 is 0 Å². The van der Waals surface area contributed by atoms with Gasteiger partial charge in [0.2, 0.25) is 0 Å². The fourth-order valence-electron chi connectivity index (χ4n) is 2.75. The van der Waals surface area contributed by atoms with Gasteiger partial charge < -0.3 is 19.7 Å². The molecule has 0 unspecified atom stereocenters. The highest BCUT2D eigenvalue weighted by Gasteiger charge is 2.24. The summed E-state index contributed by atoms with van der Waals surface area (Å²) in [5.74, 6) is -1.16. The van der Waals surface area contributed by atoms with Crippen LogP contribution in [0.15, 0.2) is 12.1 Å².